The van der Waals surface area contributed by atoms with Gasteiger partial charge in [-0.3, -0.25) is 9.53 Å². The monoisotopic (exact) mass is 188 g/mol. The Morgan fingerprint density at radius 3 is 3.27 bits per heavy atom. The summed E-state index contributed by atoms with van der Waals surface area (Å²) in [5.74, 6) is 1.33. The van der Waals surface area contributed by atoms with Gasteiger partial charge in [0.2, 0.25) is 0 Å². The molecule has 60 valence electrons. The van der Waals surface area contributed by atoms with Crippen LogP contribution >= 0.6 is 11.3 Å². The highest BCUT2D eigenvalue weighted by atomic mass is 32.2. The Kier molecular flexibility index (Phi) is 2.02. The lowest BCUT2D eigenvalue weighted by molar-refractivity contribution is 0.671. The zero-order valence-electron chi connectivity index (χ0n) is 5.82. The molecule has 2 rings (SSSR count). The molecule has 1 fully saturated rings. The third-order valence-corrected chi connectivity index (χ3v) is 3.68. The zero-order chi connectivity index (χ0) is 7.68. The maximum Gasteiger partial charge on any atom is 0.110 e. The van der Waals surface area contributed by atoms with Crippen LogP contribution in [-0.2, 0) is 10.8 Å². The van der Waals surface area contributed by atoms with Crippen molar-refractivity contribution in [2.75, 3.05) is 11.6 Å². The van der Waals surface area contributed by atoms with Gasteiger partial charge >= 0.3 is 0 Å². The minimum Gasteiger partial charge on any atom is -0.296 e. The third kappa shape index (κ3) is 1.50. The summed E-state index contributed by atoms with van der Waals surface area (Å²) in [6, 6.07) is 0.232. The van der Waals surface area contributed by atoms with Gasteiger partial charge in [0.25, 0.3) is 0 Å². The molecule has 1 aromatic rings. The molecule has 1 N–H and O–H groups in total. The Hall–Kier alpha value is -0.260. The summed E-state index contributed by atoms with van der Waals surface area (Å²) in [7, 11) is -0.682. The fourth-order valence-electron chi connectivity index (χ4n) is 1.06. The van der Waals surface area contributed by atoms with Crippen molar-refractivity contribution in [3.05, 3.63) is 16.6 Å². The standard InChI is InChI=1S/C6H8N2OS2/c9-11-3-5(8-4-11)6-7-1-2-10-6/h1-2,5,8H,3-4H2. The predicted octanol–water partition coefficient (Wildman–Crippen LogP) is 0.494. The van der Waals surface area contributed by atoms with E-state index >= 15 is 0 Å². The van der Waals surface area contributed by atoms with Crippen molar-refractivity contribution in [1.82, 2.24) is 10.3 Å². The minimum atomic E-state index is -0.682. The van der Waals surface area contributed by atoms with Crippen molar-refractivity contribution in [3.63, 3.8) is 0 Å². The van der Waals surface area contributed by atoms with Crippen molar-refractivity contribution < 1.29 is 4.21 Å². The maximum absolute atomic E-state index is 11.0. The molecule has 0 spiro atoms. The first-order valence-corrected chi connectivity index (χ1v) is 5.71. The van der Waals surface area contributed by atoms with E-state index in [1.165, 1.54) is 0 Å². The average Bonchev–Trinajstić information content (AvgIpc) is 2.55. The van der Waals surface area contributed by atoms with E-state index in [-0.39, 0.29) is 6.04 Å². The molecule has 1 aliphatic heterocycles. The topological polar surface area (TPSA) is 42.0 Å². The Morgan fingerprint density at radius 1 is 1.82 bits per heavy atom. The second-order valence-electron chi connectivity index (χ2n) is 2.38. The van der Waals surface area contributed by atoms with Gasteiger partial charge < -0.3 is 0 Å². The second kappa shape index (κ2) is 3.00. The second-order valence-corrected chi connectivity index (χ2v) is 4.81. The number of hydrogen-bond donors (Lipinski definition) is 1. The molecule has 0 aromatic carbocycles. The molecule has 2 atom stereocenters. The minimum absolute atomic E-state index is 0.232. The number of nitrogens with zero attached hydrogens (tertiary/aromatic N) is 1. The molecule has 2 unspecified atom stereocenters. The molecule has 3 nitrogen and oxygen atoms in total. The van der Waals surface area contributed by atoms with Crippen LogP contribution in [0.3, 0.4) is 0 Å². The summed E-state index contributed by atoms with van der Waals surface area (Å²) in [4.78, 5) is 4.15. The van der Waals surface area contributed by atoms with Gasteiger partial charge in [0, 0.05) is 28.1 Å². The highest BCUT2D eigenvalue weighted by Gasteiger charge is 2.23. The van der Waals surface area contributed by atoms with Gasteiger partial charge in [-0.2, -0.15) is 0 Å². The van der Waals surface area contributed by atoms with E-state index in [0.29, 0.717) is 11.6 Å². The Labute approximate surface area is 71.3 Å². The Balaban J connectivity index is 2.13. The number of thiazole rings is 1. The fourth-order valence-corrected chi connectivity index (χ4v) is 3.03. The van der Waals surface area contributed by atoms with Crippen LogP contribution < -0.4 is 5.32 Å². The summed E-state index contributed by atoms with van der Waals surface area (Å²) in [5.41, 5.74) is 0. The normalized spacial score (nSPS) is 30.9. The molecule has 1 saturated heterocycles. The molecule has 11 heavy (non-hydrogen) atoms. The van der Waals surface area contributed by atoms with Gasteiger partial charge in [0.1, 0.15) is 5.01 Å². The van der Waals surface area contributed by atoms with E-state index in [2.05, 4.69) is 10.3 Å². The first-order chi connectivity index (χ1) is 5.36. The van der Waals surface area contributed by atoms with Gasteiger partial charge in [-0.05, 0) is 0 Å². The van der Waals surface area contributed by atoms with E-state index in [4.69, 9.17) is 0 Å². The van der Waals surface area contributed by atoms with E-state index < -0.39 is 10.8 Å². The van der Waals surface area contributed by atoms with Crippen LogP contribution in [0.5, 0.6) is 0 Å². The number of rotatable bonds is 1. The van der Waals surface area contributed by atoms with E-state index in [1.807, 2.05) is 5.38 Å². The van der Waals surface area contributed by atoms with E-state index in [1.54, 1.807) is 17.5 Å². The Bertz CT molecular complexity index is 260. The lowest BCUT2D eigenvalue weighted by Crippen LogP contribution is -2.13. The molecule has 0 aliphatic carbocycles. The van der Waals surface area contributed by atoms with Crippen LogP contribution in [-0.4, -0.2) is 20.8 Å². The molecule has 0 saturated carbocycles. The summed E-state index contributed by atoms with van der Waals surface area (Å²) in [5, 5.41) is 6.15. The summed E-state index contributed by atoms with van der Waals surface area (Å²) >= 11 is 1.61. The molecular formula is C6H8N2OS2. The van der Waals surface area contributed by atoms with E-state index in [0.717, 1.165) is 5.01 Å². The highest BCUT2D eigenvalue weighted by molar-refractivity contribution is 7.85. The van der Waals surface area contributed by atoms with Crippen molar-refractivity contribution in [1.29, 1.82) is 0 Å². The average molecular weight is 188 g/mol. The molecule has 0 radical (unpaired) electrons. The van der Waals surface area contributed by atoms with Crippen molar-refractivity contribution in [2.45, 2.75) is 6.04 Å². The van der Waals surface area contributed by atoms with Crippen LogP contribution in [0.15, 0.2) is 11.6 Å². The lowest BCUT2D eigenvalue weighted by atomic mass is 10.4. The quantitative estimate of drug-likeness (QED) is 0.697. The number of aromatic nitrogens is 1. The lowest BCUT2D eigenvalue weighted by Gasteiger charge is -2.01. The Morgan fingerprint density at radius 2 is 2.73 bits per heavy atom. The van der Waals surface area contributed by atoms with Crippen molar-refractivity contribution in [3.8, 4) is 0 Å². The SMILES string of the molecule is O=S1CNC(c2nccs2)C1. The molecule has 0 amide bonds. The van der Waals surface area contributed by atoms with E-state index in [9.17, 15) is 4.21 Å². The van der Waals surface area contributed by atoms with Gasteiger partial charge in [-0.25, -0.2) is 4.98 Å². The first kappa shape index (κ1) is 7.39. The molecule has 5 heteroatoms. The number of nitrogens with one attached hydrogen (secondary N) is 1. The molecule has 1 aliphatic rings. The van der Waals surface area contributed by atoms with Crippen LogP contribution in [0, 0.1) is 0 Å². The molecule has 2 heterocycles. The fraction of sp³-hybridized carbons (Fsp3) is 0.500. The van der Waals surface area contributed by atoms with Crippen LogP contribution in [0.4, 0.5) is 0 Å². The van der Waals surface area contributed by atoms with Crippen LogP contribution in [0.25, 0.3) is 0 Å². The van der Waals surface area contributed by atoms with Gasteiger partial charge in [-0.1, -0.05) is 0 Å². The summed E-state index contributed by atoms with van der Waals surface area (Å²) in [6.45, 7) is 0. The molecule has 0 bridgehead atoms. The van der Waals surface area contributed by atoms with Crippen molar-refractivity contribution >= 4 is 22.1 Å². The maximum atomic E-state index is 11.0. The number of hydrogen-bond acceptors (Lipinski definition) is 4. The molecular weight excluding hydrogens is 180 g/mol. The highest BCUT2D eigenvalue weighted by Crippen LogP contribution is 2.19. The van der Waals surface area contributed by atoms with Gasteiger partial charge in [0.15, 0.2) is 0 Å². The first-order valence-electron chi connectivity index (χ1n) is 3.34. The largest absolute Gasteiger partial charge is 0.296 e. The smallest absolute Gasteiger partial charge is 0.110 e. The van der Waals surface area contributed by atoms with Crippen LogP contribution in [0.1, 0.15) is 11.0 Å². The third-order valence-electron chi connectivity index (χ3n) is 1.59. The van der Waals surface area contributed by atoms with Gasteiger partial charge in [0.05, 0.1) is 11.9 Å². The molecule has 1 aromatic heterocycles. The summed E-state index contributed by atoms with van der Waals surface area (Å²) in [6.07, 6.45) is 1.78. The van der Waals surface area contributed by atoms with Crippen molar-refractivity contribution in [2.24, 2.45) is 0 Å². The predicted molar refractivity (Wildman–Crippen MR) is 45.9 cm³/mol. The zero-order valence-corrected chi connectivity index (χ0v) is 7.45. The summed E-state index contributed by atoms with van der Waals surface area (Å²) < 4.78 is 11.0. The van der Waals surface area contributed by atoms with Gasteiger partial charge in [-0.15, -0.1) is 11.3 Å². The van der Waals surface area contributed by atoms with Crippen LogP contribution in [0.2, 0.25) is 0 Å².